The highest BCUT2D eigenvalue weighted by Gasteiger charge is 2.22. The minimum absolute atomic E-state index is 0.109. The second-order valence-corrected chi connectivity index (χ2v) is 12.8. The Bertz CT molecular complexity index is 1410. The van der Waals surface area contributed by atoms with Crippen LogP contribution in [-0.4, -0.2) is 63.8 Å². The first kappa shape index (κ1) is 40.4. The average Bonchev–Trinajstić information content (AvgIpc) is 3.10. The molecule has 272 valence electrons. The molecular formula is C40H57ClO8. The molecule has 0 heterocycles. The van der Waals surface area contributed by atoms with Crippen LogP contribution in [0.5, 0.6) is 11.5 Å². The molecule has 0 aliphatic heterocycles. The van der Waals surface area contributed by atoms with Crippen LogP contribution >= 0.6 is 11.6 Å². The van der Waals surface area contributed by atoms with E-state index >= 15 is 0 Å². The fourth-order valence-electron chi connectivity index (χ4n) is 5.70. The zero-order valence-corrected chi connectivity index (χ0v) is 30.8. The van der Waals surface area contributed by atoms with Gasteiger partial charge in [0.05, 0.1) is 13.2 Å². The van der Waals surface area contributed by atoms with E-state index in [1.807, 2.05) is 56.3 Å². The Kier molecular flexibility index (Phi) is 19.2. The van der Waals surface area contributed by atoms with E-state index in [4.69, 9.17) is 40.0 Å². The average molecular weight is 701 g/mol. The van der Waals surface area contributed by atoms with Crippen molar-refractivity contribution < 1.29 is 38.0 Å². The summed E-state index contributed by atoms with van der Waals surface area (Å²) in [6, 6.07) is 13.4. The maximum Gasteiger partial charge on any atom is 0.306 e. The van der Waals surface area contributed by atoms with E-state index in [0.29, 0.717) is 42.6 Å². The van der Waals surface area contributed by atoms with E-state index < -0.39 is 12.2 Å². The van der Waals surface area contributed by atoms with Crippen LogP contribution in [0.25, 0.3) is 21.5 Å². The number of carbonyl (C=O) groups is 2. The quantitative estimate of drug-likeness (QED) is 0.0464. The Labute approximate surface area is 298 Å². The molecule has 0 amide bonds. The summed E-state index contributed by atoms with van der Waals surface area (Å²) in [5.74, 6) is 0.754. The molecule has 0 aromatic heterocycles. The van der Waals surface area contributed by atoms with Gasteiger partial charge in [-0.1, -0.05) is 101 Å². The third-order valence-corrected chi connectivity index (χ3v) is 8.53. The van der Waals surface area contributed by atoms with Gasteiger partial charge in [0.1, 0.15) is 24.7 Å². The maximum absolute atomic E-state index is 12.7. The van der Waals surface area contributed by atoms with Gasteiger partial charge in [0.25, 0.3) is 0 Å². The van der Waals surface area contributed by atoms with E-state index in [1.165, 1.54) is 12.8 Å². The van der Waals surface area contributed by atoms with E-state index in [2.05, 4.69) is 13.8 Å². The third-order valence-electron chi connectivity index (χ3n) is 8.30. The van der Waals surface area contributed by atoms with Gasteiger partial charge < -0.3 is 28.4 Å². The van der Waals surface area contributed by atoms with Gasteiger partial charge in [0.2, 0.25) is 0 Å². The zero-order valence-electron chi connectivity index (χ0n) is 30.1. The van der Waals surface area contributed by atoms with Gasteiger partial charge in [-0.3, -0.25) is 9.59 Å². The summed E-state index contributed by atoms with van der Waals surface area (Å²) in [4.78, 5) is 25.4. The van der Waals surface area contributed by atoms with Crippen LogP contribution in [0.3, 0.4) is 0 Å². The van der Waals surface area contributed by atoms with Crippen molar-refractivity contribution in [3.63, 3.8) is 0 Å². The number of ether oxygens (including phenoxy) is 6. The molecule has 0 saturated carbocycles. The molecule has 2 unspecified atom stereocenters. The minimum atomic E-state index is -0.576. The highest BCUT2D eigenvalue weighted by atomic mass is 35.5. The van der Waals surface area contributed by atoms with Crippen LogP contribution in [0, 0.1) is 0 Å². The number of hydrogen-bond donors (Lipinski definition) is 0. The molecule has 2 atom stereocenters. The molecule has 0 N–H and O–H groups in total. The third kappa shape index (κ3) is 14.0. The van der Waals surface area contributed by atoms with Crippen molar-refractivity contribution in [3.8, 4) is 11.5 Å². The molecule has 0 aliphatic carbocycles. The zero-order chi connectivity index (χ0) is 35.3. The molecule has 9 heteroatoms. The van der Waals surface area contributed by atoms with Gasteiger partial charge in [-0.05, 0) is 44.9 Å². The van der Waals surface area contributed by atoms with Gasteiger partial charge in [-0.2, -0.15) is 0 Å². The number of halogens is 1. The van der Waals surface area contributed by atoms with Crippen LogP contribution in [0.1, 0.15) is 105 Å². The molecule has 0 fully saturated rings. The Morgan fingerprint density at radius 2 is 1.02 bits per heavy atom. The smallest absolute Gasteiger partial charge is 0.306 e. The van der Waals surface area contributed by atoms with Gasteiger partial charge in [-0.15, -0.1) is 0 Å². The molecule has 3 aromatic carbocycles. The first-order chi connectivity index (χ1) is 23.9. The highest BCUT2D eigenvalue weighted by molar-refractivity contribution is 6.31. The number of esters is 2. The van der Waals surface area contributed by atoms with Crippen molar-refractivity contribution in [1.82, 2.24) is 0 Å². The summed E-state index contributed by atoms with van der Waals surface area (Å²) in [5, 5.41) is 3.73. The molecular weight excluding hydrogens is 644 g/mol. The van der Waals surface area contributed by atoms with E-state index in [-0.39, 0.29) is 38.4 Å². The molecule has 0 saturated heterocycles. The van der Waals surface area contributed by atoms with Crippen LogP contribution in [0.4, 0.5) is 0 Å². The summed E-state index contributed by atoms with van der Waals surface area (Å²) >= 11 is 6.53. The molecule has 3 rings (SSSR count). The van der Waals surface area contributed by atoms with Gasteiger partial charge in [0.15, 0.2) is 12.2 Å². The largest absolute Gasteiger partial charge is 0.488 e. The number of rotatable bonds is 26. The molecule has 8 nitrogen and oxygen atoms in total. The van der Waals surface area contributed by atoms with Crippen molar-refractivity contribution in [2.75, 3.05) is 39.6 Å². The Morgan fingerprint density at radius 3 is 1.49 bits per heavy atom. The molecule has 0 radical (unpaired) electrons. The summed E-state index contributed by atoms with van der Waals surface area (Å²) in [6.45, 7) is 9.85. The van der Waals surface area contributed by atoms with Crippen LogP contribution in [0.15, 0.2) is 42.5 Å². The van der Waals surface area contributed by atoms with Crippen LogP contribution in [0.2, 0.25) is 5.02 Å². The van der Waals surface area contributed by atoms with Crippen LogP contribution < -0.4 is 9.47 Å². The predicted molar refractivity (Wildman–Crippen MR) is 197 cm³/mol. The number of unbranched alkanes of at least 4 members (excludes halogenated alkanes) is 8. The van der Waals surface area contributed by atoms with Crippen molar-refractivity contribution in [1.29, 1.82) is 0 Å². The minimum Gasteiger partial charge on any atom is -0.488 e. The molecule has 0 spiro atoms. The van der Waals surface area contributed by atoms with Gasteiger partial charge in [0, 0.05) is 52.6 Å². The van der Waals surface area contributed by atoms with Crippen LogP contribution in [-0.2, 0) is 28.5 Å². The standard InChI is InChI=1S/C40H57ClO8/c1-5-9-11-13-15-21-37(42)48-31(26-44-7-3)28-46-39-33-19-17-18-20-34(33)40(36-25-30(41)23-24-35(36)39)47-29-32(27-45-8-4)49-38(43)22-16-14-12-10-6-2/h17-20,23-25,31-32H,5-16,21-22,26-29H2,1-4H3. The Morgan fingerprint density at radius 1 is 0.571 bits per heavy atom. The predicted octanol–water partition coefficient (Wildman–Crippen LogP) is 10.0. The first-order valence-corrected chi connectivity index (χ1v) is 18.7. The summed E-state index contributed by atoms with van der Waals surface area (Å²) in [6.07, 6.45) is 10.1. The second-order valence-electron chi connectivity index (χ2n) is 12.4. The normalized spacial score (nSPS) is 12.6. The lowest BCUT2D eigenvalue weighted by Gasteiger charge is -2.23. The van der Waals surface area contributed by atoms with Crippen molar-refractivity contribution in [3.05, 3.63) is 47.5 Å². The number of fused-ring (bicyclic) bond motifs is 2. The monoisotopic (exact) mass is 700 g/mol. The maximum atomic E-state index is 12.7. The van der Waals surface area contributed by atoms with Crippen molar-refractivity contribution in [2.24, 2.45) is 0 Å². The molecule has 0 aliphatic rings. The topological polar surface area (TPSA) is 89.5 Å². The fraction of sp³-hybridized carbons (Fsp3) is 0.600. The molecule has 3 aromatic rings. The number of benzene rings is 3. The lowest BCUT2D eigenvalue weighted by Crippen LogP contribution is -2.30. The van der Waals surface area contributed by atoms with Crippen molar-refractivity contribution >= 4 is 45.1 Å². The summed E-state index contributed by atoms with van der Waals surface area (Å²) in [7, 11) is 0. The highest BCUT2D eigenvalue weighted by Crippen LogP contribution is 2.43. The summed E-state index contributed by atoms with van der Waals surface area (Å²) < 4.78 is 36.0. The number of carbonyl (C=O) groups excluding carboxylic acids is 2. The van der Waals surface area contributed by atoms with Crippen molar-refractivity contribution in [2.45, 2.75) is 117 Å². The van der Waals surface area contributed by atoms with Gasteiger partial charge in [-0.25, -0.2) is 0 Å². The Hall–Kier alpha value is -3.07. The van der Waals surface area contributed by atoms with Gasteiger partial charge >= 0.3 is 11.9 Å². The Balaban J connectivity index is 1.82. The van der Waals surface area contributed by atoms with E-state index in [9.17, 15) is 9.59 Å². The lowest BCUT2D eigenvalue weighted by molar-refractivity contribution is -0.155. The second kappa shape index (κ2) is 23.4. The SMILES string of the molecule is CCCCCCCC(=O)OC(COCC)COc1c2ccccc2c(OCC(COCC)OC(=O)CCCCCCC)c2cc(Cl)ccc12. The summed E-state index contributed by atoms with van der Waals surface area (Å²) in [5.41, 5.74) is 0. The number of hydrogen-bond acceptors (Lipinski definition) is 8. The molecule has 0 bridgehead atoms. The lowest BCUT2D eigenvalue weighted by atomic mass is 10.0. The van der Waals surface area contributed by atoms with E-state index in [0.717, 1.165) is 72.9 Å². The fourth-order valence-corrected chi connectivity index (χ4v) is 5.87. The van der Waals surface area contributed by atoms with E-state index in [1.54, 1.807) is 0 Å². The molecule has 49 heavy (non-hydrogen) atoms. The first-order valence-electron chi connectivity index (χ1n) is 18.4.